The first-order valence-electron chi connectivity index (χ1n) is 15.1. The van der Waals surface area contributed by atoms with Crippen molar-refractivity contribution in [2.45, 2.75) is 62.9 Å². The Morgan fingerprint density at radius 2 is 1.84 bits per heavy atom. The van der Waals surface area contributed by atoms with Crippen LogP contribution in [0.5, 0.6) is 0 Å². The van der Waals surface area contributed by atoms with E-state index in [0.29, 0.717) is 41.6 Å². The van der Waals surface area contributed by atoms with Crippen LogP contribution in [0.3, 0.4) is 0 Å². The normalized spacial score (nSPS) is 22.4. The molecule has 9 nitrogen and oxygen atoms in total. The number of hydrogen-bond donors (Lipinski definition) is 3. The third-order valence-corrected chi connectivity index (χ3v) is 9.59. The molecule has 0 saturated heterocycles. The molecule has 4 aromatic rings. The highest BCUT2D eigenvalue weighted by Gasteiger charge is 2.44. The molecule has 0 aliphatic heterocycles. The van der Waals surface area contributed by atoms with Crippen molar-refractivity contribution in [1.82, 2.24) is 14.9 Å². The minimum absolute atomic E-state index is 0.254. The number of hydrogen-bond acceptors (Lipinski definition) is 5. The van der Waals surface area contributed by atoms with Crippen molar-refractivity contribution < 1.29 is 23.9 Å². The smallest absolute Gasteiger partial charge is 0.328 e. The van der Waals surface area contributed by atoms with Gasteiger partial charge >= 0.3 is 5.97 Å². The van der Waals surface area contributed by atoms with Crippen molar-refractivity contribution in [3.05, 3.63) is 78.3 Å². The number of fused-ring (bicyclic) bond motifs is 3. The molecule has 3 fully saturated rings. The number of carbonyl (C=O) groups is 3. The molecule has 2 aromatic carbocycles. The van der Waals surface area contributed by atoms with Crippen molar-refractivity contribution in [1.29, 1.82) is 0 Å². The van der Waals surface area contributed by atoms with E-state index < -0.39 is 11.5 Å². The fourth-order valence-electron chi connectivity index (χ4n) is 7.47. The summed E-state index contributed by atoms with van der Waals surface area (Å²) < 4.78 is 7.76. The Bertz CT molecular complexity index is 1710. The molecule has 3 atom stereocenters. The van der Waals surface area contributed by atoms with E-state index in [2.05, 4.69) is 15.2 Å². The lowest BCUT2D eigenvalue weighted by molar-refractivity contribution is -0.131. The van der Waals surface area contributed by atoms with E-state index in [0.717, 1.165) is 53.7 Å². The third kappa shape index (κ3) is 5.13. The minimum Gasteiger partial charge on any atom is -0.478 e. The number of anilines is 1. The summed E-state index contributed by atoms with van der Waals surface area (Å²) in [4.78, 5) is 43.0. The molecule has 2 amide bonds. The maximum atomic E-state index is 13.7. The molecule has 3 aliphatic carbocycles. The first-order chi connectivity index (χ1) is 20.9. The van der Waals surface area contributed by atoms with Gasteiger partial charge in [0.15, 0.2) is 0 Å². The van der Waals surface area contributed by atoms with E-state index in [1.54, 1.807) is 36.8 Å². The molecule has 9 heteroatoms. The lowest BCUT2D eigenvalue weighted by Gasteiger charge is -2.29. The maximum absolute atomic E-state index is 13.7. The molecule has 220 valence electrons. The predicted octanol–water partition coefficient (Wildman–Crippen LogP) is 6.44. The predicted molar refractivity (Wildman–Crippen MR) is 162 cm³/mol. The van der Waals surface area contributed by atoms with Crippen LogP contribution in [0.4, 0.5) is 5.69 Å². The lowest BCUT2D eigenvalue weighted by atomic mass is 9.94. The van der Waals surface area contributed by atoms with E-state index >= 15 is 0 Å². The summed E-state index contributed by atoms with van der Waals surface area (Å²) in [5.74, 6) is 0.714. The Morgan fingerprint density at radius 1 is 1.02 bits per heavy atom. The molecule has 2 heterocycles. The van der Waals surface area contributed by atoms with Gasteiger partial charge in [0.1, 0.15) is 17.6 Å². The van der Waals surface area contributed by atoms with Gasteiger partial charge in [0.05, 0.1) is 22.9 Å². The van der Waals surface area contributed by atoms with Gasteiger partial charge in [-0.15, -0.1) is 0 Å². The highest BCUT2D eigenvalue weighted by atomic mass is 16.4. The van der Waals surface area contributed by atoms with Crippen LogP contribution in [-0.4, -0.2) is 38.0 Å². The number of nitrogens with zero attached hydrogens (tertiary/aromatic N) is 2. The molecule has 43 heavy (non-hydrogen) atoms. The van der Waals surface area contributed by atoms with E-state index in [1.807, 2.05) is 24.3 Å². The third-order valence-electron chi connectivity index (χ3n) is 9.59. The van der Waals surface area contributed by atoms with Gasteiger partial charge in [-0.3, -0.25) is 9.59 Å². The molecule has 3 saturated carbocycles. The Balaban J connectivity index is 1.13. The summed E-state index contributed by atoms with van der Waals surface area (Å²) in [7, 11) is 0. The Kier molecular flexibility index (Phi) is 6.88. The number of carboxylic acids is 1. The minimum atomic E-state index is -1.03. The first-order valence-corrected chi connectivity index (χ1v) is 15.1. The number of amides is 2. The van der Waals surface area contributed by atoms with Crippen LogP contribution in [0.1, 0.15) is 73.3 Å². The van der Waals surface area contributed by atoms with Gasteiger partial charge < -0.3 is 24.7 Å². The Morgan fingerprint density at radius 3 is 2.51 bits per heavy atom. The van der Waals surface area contributed by atoms with E-state index in [9.17, 15) is 14.4 Å². The zero-order valence-corrected chi connectivity index (χ0v) is 23.8. The quantitative estimate of drug-likeness (QED) is 0.207. The fourth-order valence-corrected chi connectivity index (χ4v) is 7.47. The number of nitrogens with one attached hydrogen (secondary N) is 2. The van der Waals surface area contributed by atoms with Gasteiger partial charge in [0.25, 0.3) is 5.91 Å². The average molecular weight is 579 g/mol. The Hall–Kier alpha value is -4.66. The van der Waals surface area contributed by atoms with Crippen LogP contribution in [0.15, 0.2) is 71.6 Å². The van der Waals surface area contributed by atoms with E-state index in [-0.39, 0.29) is 11.8 Å². The number of furan rings is 1. The lowest BCUT2D eigenvalue weighted by Crippen LogP contribution is -2.55. The summed E-state index contributed by atoms with van der Waals surface area (Å²) in [5.41, 5.74) is 3.44. The van der Waals surface area contributed by atoms with Crippen LogP contribution in [0, 0.1) is 11.8 Å². The van der Waals surface area contributed by atoms with Gasteiger partial charge in [-0.05, 0) is 92.0 Å². The van der Waals surface area contributed by atoms with Gasteiger partial charge in [0, 0.05) is 23.4 Å². The van der Waals surface area contributed by atoms with E-state index in [4.69, 9.17) is 14.5 Å². The van der Waals surface area contributed by atoms with Gasteiger partial charge in [-0.1, -0.05) is 31.4 Å². The summed E-state index contributed by atoms with van der Waals surface area (Å²) in [6.45, 7) is 0. The molecular formula is C34H34N4O5. The molecular weight excluding hydrogens is 544 g/mol. The second-order valence-electron chi connectivity index (χ2n) is 12.3. The van der Waals surface area contributed by atoms with Crippen LogP contribution in [0.2, 0.25) is 0 Å². The second-order valence-corrected chi connectivity index (χ2v) is 12.3. The molecule has 2 bridgehead atoms. The van der Waals surface area contributed by atoms with Crippen LogP contribution < -0.4 is 10.6 Å². The number of carboxylic acid groups (broad SMARTS) is 1. The number of rotatable bonds is 8. The number of imidazole rings is 1. The topological polar surface area (TPSA) is 126 Å². The van der Waals surface area contributed by atoms with Crippen LogP contribution in [-0.2, 0) is 9.59 Å². The number of carbonyl (C=O) groups excluding carboxylic acids is 2. The summed E-state index contributed by atoms with van der Waals surface area (Å²) in [6.07, 6.45) is 13.7. The average Bonchev–Trinajstić information content (AvgIpc) is 3.85. The largest absolute Gasteiger partial charge is 0.478 e. The zero-order chi connectivity index (χ0) is 29.6. The second kappa shape index (κ2) is 10.9. The SMILES string of the molecule is O=C(O)/C=C/c1ccc(NC(=O)C2(NC(=O)c3ccc4c(c3)nc(-c3ccoc3)n4C3C[C@H]4CC[C@@H]3C4)CCCC2)cc1. The van der Waals surface area contributed by atoms with Crippen molar-refractivity contribution >= 4 is 40.6 Å². The van der Waals surface area contributed by atoms with Crippen molar-refractivity contribution in [2.24, 2.45) is 11.8 Å². The summed E-state index contributed by atoms with van der Waals surface area (Å²) in [5, 5.41) is 14.9. The molecule has 3 N–H and O–H groups in total. The van der Waals surface area contributed by atoms with Crippen molar-refractivity contribution in [3.8, 4) is 11.4 Å². The van der Waals surface area contributed by atoms with Crippen LogP contribution in [0.25, 0.3) is 28.5 Å². The molecule has 0 spiro atoms. The summed E-state index contributed by atoms with van der Waals surface area (Å²) in [6, 6.07) is 14.9. The van der Waals surface area contributed by atoms with Crippen molar-refractivity contribution in [3.63, 3.8) is 0 Å². The summed E-state index contributed by atoms with van der Waals surface area (Å²) >= 11 is 0. The molecule has 1 unspecified atom stereocenters. The number of aromatic nitrogens is 2. The van der Waals surface area contributed by atoms with Crippen LogP contribution >= 0.6 is 0 Å². The zero-order valence-electron chi connectivity index (χ0n) is 23.8. The number of aliphatic carboxylic acids is 1. The molecule has 3 aliphatic rings. The van der Waals surface area contributed by atoms with Gasteiger partial charge in [0.2, 0.25) is 5.91 Å². The molecule has 0 radical (unpaired) electrons. The standard InChI is InChI=1S/C34H34N4O5/c39-30(40)12-6-21-4-9-26(10-5-21)35-33(42)34(14-1-2-15-34)37-32(41)24-8-11-28-27(19-24)36-31(25-13-16-43-20-25)38(28)29-18-22-3-7-23(29)17-22/h4-6,8-13,16,19-20,22-23,29H,1-3,7,14-15,17-18H2,(H,35,42)(H,37,41)(H,39,40)/b12-6+/t22-,23+,29?/m0/s1. The highest BCUT2D eigenvalue weighted by Crippen LogP contribution is 2.52. The fraction of sp³-hybridized carbons (Fsp3) is 0.353. The first kappa shape index (κ1) is 27.2. The number of benzene rings is 2. The highest BCUT2D eigenvalue weighted by molar-refractivity contribution is 6.05. The van der Waals surface area contributed by atoms with Crippen molar-refractivity contribution in [2.75, 3.05) is 5.32 Å². The monoisotopic (exact) mass is 578 g/mol. The Labute approximate surface area is 249 Å². The van der Waals surface area contributed by atoms with Gasteiger partial charge in [-0.2, -0.15) is 0 Å². The maximum Gasteiger partial charge on any atom is 0.328 e. The molecule has 7 rings (SSSR count). The van der Waals surface area contributed by atoms with Gasteiger partial charge in [-0.25, -0.2) is 9.78 Å². The molecule has 2 aromatic heterocycles. The van der Waals surface area contributed by atoms with E-state index in [1.165, 1.54) is 25.3 Å².